The summed E-state index contributed by atoms with van der Waals surface area (Å²) in [5, 5.41) is 12.7. The molecular weight excluding hydrogens is 244 g/mol. The molecule has 3 rings (SSSR count). The second-order valence-electron chi connectivity index (χ2n) is 6.52. The summed E-state index contributed by atoms with van der Waals surface area (Å²) in [6.45, 7) is 4.60. The van der Waals surface area contributed by atoms with Gasteiger partial charge in [0.05, 0.1) is 12.2 Å². The fourth-order valence-corrected chi connectivity index (χ4v) is 3.18. The van der Waals surface area contributed by atoms with Gasteiger partial charge in [0.1, 0.15) is 5.54 Å². The Labute approximate surface area is 114 Å². The number of morpholine rings is 1. The Morgan fingerprint density at radius 2 is 1.95 bits per heavy atom. The summed E-state index contributed by atoms with van der Waals surface area (Å²) in [5.74, 6) is -0.726. The van der Waals surface area contributed by atoms with Crippen molar-refractivity contribution in [2.45, 2.75) is 62.8 Å². The van der Waals surface area contributed by atoms with Crippen LogP contribution in [-0.2, 0) is 9.53 Å². The molecule has 19 heavy (non-hydrogen) atoms. The van der Waals surface area contributed by atoms with E-state index in [9.17, 15) is 9.90 Å². The molecule has 5 nitrogen and oxygen atoms in total. The van der Waals surface area contributed by atoms with Crippen LogP contribution in [0.4, 0.5) is 0 Å². The molecule has 3 aliphatic rings. The fourth-order valence-electron chi connectivity index (χ4n) is 3.18. The van der Waals surface area contributed by atoms with Gasteiger partial charge in [-0.25, -0.2) is 0 Å². The van der Waals surface area contributed by atoms with Gasteiger partial charge in [0.25, 0.3) is 0 Å². The van der Waals surface area contributed by atoms with Gasteiger partial charge in [-0.05, 0) is 39.0 Å². The monoisotopic (exact) mass is 268 g/mol. The summed E-state index contributed by atoms with van der Waals surface area (Å²) in [4.78, 5) is 13.9. The Morgan fingerprint density at radius 1 is 1.32 bits per heavy atom. The molecule has 0 radical (unpaired) electrons. The van der Waals surface area contributed by atoms with Gasteiger partial charge < -0.3 is 9.84 Å². The number of hydrogen-bond acceptors (Lipinski definition) is 4. The Bertz CT molecular complexity index is 347. The van der Waals surface area contributed by atoms with Crippen LogP contribution >= 0.6 is 0 Å². The predicted octanol–water partition coefficient (Wildman–Crippen LogP) is 0.835. The van der Waals surface area contributed by atoms with Crippen LogP contribution in [0.3, 0.4) is 0 Å². The molecule has 2 aliphatic heterocycles. The zero-order valence-electron chi connectivity index (χ0n) is 11.6. The van der Waals surface area contributed by atoms with Crippen molar-refractivity contribution in [3.63, 3.8) is 0 Å². The molecule has 2 heterocycles. The highest BCUT2D eigenvalue weighted by Gasteiger charge is 2.40. The van der Waals surface area contributed by atoms with Crippen molar-refractivity contribution in [2.75, 3.05) is 19.6 Å². The van der Waals surface area contributed by atoms with Crippen molar-refractivity contribution < 1.29 is 14.6 Å². The number of hydrogen-bond donors (Lipinski definition) is 2. The number of ether oxygens (including phenoxy) is 1. The molecule has 0 aromatic heterocycles. The standard InChI is InChI=1S/C14H24N2O3/c1-14(13(17)18,15-10-2-3-10)6-7-16-8-11-4-5-12(9-16)19-11/h10-12,15H,2-9H2,1H3,(H,17,18). The van der Waals surface area contributed by atoms with E-state index in [4.69, 9.17) is 4.74 Å². The number of aliphatic carboxylic acids is 1. The molecule has 3 atom stereocenters. The lowest BCUT2D eigenvalue weighted by molar-refractivity contribution is -0.145. The number of likely N-dealkylation sites (tertiary alicyclic amines) is 1. The molecule has 108 valence electrons. The molecule has 0 aromatic carbocycles. The van der Waals surface area contributed by atoms with Crippen molar-refractivity contribution in [3.8, 4) is 0 Å². The Hall–Kier alpha value is -0.650. The van der Waals surface area contributed by atoms with Crippen LogP contribution in [0.15, 0.2) is 0 Å². The highest BCUT2D eigenvalue weighted by Crippen LogP contribution is 2.28. The smallest absolute Gasteiger partial charge is 0.323 e. The molecular formula is C14H24N2O3. The Balaban J connectivity index is 1.52. The Morgan fingerprint density at radius 3 is 2.47 bits per heavy atom. The second kappa shape index (κ2) is 5.04. The molecule has 3 fully saturated rings. The normalized spacial score (nSPS) is 34.2. The van der Waals surface area contributed by atoms with E-state index in [0.717, 1.165) is 45.3 Å². The first kappa shape index (κ1) is 13.3. The van der Waals surface area contributed by atoms with E-state index in [1.807, 2.05) is 6.92 Å². The Kier molecular flexibility index (Phi) is 3.53. The SMILES string of the molecule is CC(CCN1CC2CCC(C1)O2)(NC1CC1)C(=O)O. The van der Waals surface area contributed by atoms with Crippen molar-refractivity contribution in [2.24, 2.45) is 0 Å². The number of fused-ring (bicyclic) bond motifs is 2. The van der Waals surface area contributed by atoms with Gasteiger partial charge >= 0.3 is 5.97 Å². The number of nitrogens with zero attached hydrogens (tertiary/aromatic N) is 1. The molecule has 5 heteroatoms. The molecule has 1 saturated carbocycles. The van der Waals surface area contributed by atoms with E-state index < -0.39 is 11.5 Å². The number of rotatable bonds is 6. The molecule has 0 aromatic rings. The summed E-state index contributed by atoms with van der Waals surface area (Å²) >= 11 is 0. The zero-order chi connectivity index (χ0) is 13.5. The van der Waals surface area contributed by atoms with E-state index in [-0.39, 0.29) is 0 Å². The minimum Gasteiger partial charge on any atom is -0.480 e. The van der Waals surface area contributed by atoms with Crippen molar-refractivity contribution in [1.29, 1.82) is 0 Å². The van der Waals surface area contributed by atoms with Crippen LogP contribution in [0.25, 0.3) is 0 Å². The van der Waals surface area contributed by atoms with Gasteiger partial charge in [-0.3, -0.25) is 15.0 Å². The highest BCUT2D eigenvalue weighted by atomic mass is 16.5. The summed E-state index contributed by atoms with van der Waals surface area (Å²) in [6, 6.07) is 0.418. The fraction of sp³-hybridized carbons (Fsp3) is 0.929. The van der Waals surface area contributed by atoms with Crippen molar-refractivity contribution >= 4 is 5.97 Å². The third-order valence-electron chi connectivity index (χ3n) is 4.62. The molecule has 0 amide bonds. The van der Waals surface area contributed by atoms with Crippen molar-refractivity contribution in [3.05, 3.63) is 0 Å². The van der Waals surface area contributed by atoms with E-state index in [1.165, 1.54) is 0 Å². The largest absolute Gasteiger partial charge is 0.480 e. The number of carboxylic acids is 1. The van der Waals surface area contributed by atoms with Gasteiger partial charge in [0, 0.05) is 25.7 Å². The summed E-state index contributed by atoms with van der Waals surface area (Å²) in [7, 11) is 0. The lowest BCUT2D eigenvalue weighted by atomic mass is 9.97. The quantitative estimate of drug-likeness (QED) is 0.747. The predicted molar refractivity (Wildman–Crippen MR) is 71.2 cm³/mol. The molecule has 2 N–H and O–H groups in total. The topological polar surface area (TPSA) is 61.8 Å². The first-order valence-electron chi connectivity index (χ1n) is 7.44. The minimum absolute atomic E-state index is 0.381. The van der Waals surface area contributed by atoms with Crippen LogP contribution in [0, 0.1) is 0 Å². The average molecular weight is 268 g/mol. The van der Waals surface area contributed by atoms with Crippen LogP contribution in [0.2, 0.25) is 0 Å². The number of carboxylic acid groups (broad SMARTS) is 1. The van der Waals surface area contributed by atoms with Gasteiger partial charge in [0.15, 0.2) is 0 Å². The van der Waals surface area contributed by atoms with Crippen LogP contribution in [0.1, 0.15) is 39.0 Å². The summed E-state index contributed by atoms with van der Waals surface area (Å²) in [5.41, 5.74) is -0.779. The van der Waals surface area contributed by atoms with E-state index in [2.05, 4.69) is 10.2 Å². The lowest BCUT2D eigenvalue weighted by Crippen LogP contribution is -2.53. The van der Waals surface area contributed by atoms with Crippen LogP contribution < -0.4 is 5.32 Å². The zero-order valence-corrected chi connectivity index (χ0v) is 11.6. The highest BCUT2D eigenvalue weighted by molar-refractivity contribution is 5.78. The maximum absolute atomic E-state index is 11.5. The third-order valence-corrected chi connectivity index (χ3v) is 4.62. The molecule has 0 spiro atoms. The first-order valence-corrected chi connectivity index (χ1v) is 7.44. The van der Waals surface area contributed by atoms with Crippen LogP contribution in [0.5, 0.6) is 0 Å². The number of carbonyl (C=O) groups is 1. The first-order chi connectivity index (χ1) is 9.05. The van der Waals surface area contributed by atoms with E-state index >= 15 is 0 Å². The van der Waals surface area contributed by atoms with Gasteiger partial charge in [-0.15, -0.1) is 0 Å². The second-order valence-corrected chi connectivity index (χ2v) is 6.52. The molecule has 1 aliphatic carbocycles. The van der Waals surface area contributed by atoms with Gasteiger partial charge in [0.2, 0.25) is 0 Å². The average Bonchev–Trinajstić information content (AvgIpc) is 3.11. The minimum atomic E-state index is -0.779. The lowest BCUT2D eigenvalue weighted by Gasteiger charge is -2.35. The van der Waals surface area contributed by atoms with Crippen LogP contribution in [-0.4, -0.2) is 59.4 Å². The van der Waals surface area contributed by atoms with E-state index in [1.54, 1.807) is 0 Å². The molecule has 2 bridgehead atoms. The van der Waals surface area contributed by atoms with Gasteiger partial charge in [-0.1, -0.05) is 0 Å². The summed E-state index contributed by atoms with van der Waals surface area (Å²) in [6.07, 6.45) is 5.99. The van der Waals surface area contributed by atoms with E-state index in [0.29, 0.717) is 24.7 Å². The molecule has 3 unspecified atom stereocenters. The summed E-state index contributed by atoms with van der Waals surface area (Å²) < 4.78 is 5.81. The number of nitrogens with one attached hydrogen (secondary N) is 1. The molecule has 2 saturated heterocycles. The third kappa shape index (κ3) is 3.09. The van der Waals surface area contributed by atoms with Gasteiger partial charge in [-0.2, -0.15) is 0 Å². The maximum atomic E-state index is 11.5. The maximum Gasteiger partial charge on any atom is 0.323 e. The van der Waals surface area contributed by atoms with Crippen molar-refractivity contribution in [1.82, 2.24) is 10.2 Å².